The molecule has 1 aliphatic rings. The summed E-state index contributed by atoms with van der Waals surface area (Å²) in [5.74, 6) is 0.488. The van der Waals surface area contributed by atoms with E-state index in [9.17, 15) is 4.39 Å². The number of H-pyrrole nitrogens is 1. The lowest BCUT2D eigenvalue weighted by Crippen LogP contribution is -2.10. The van der Waals surface area contributed by atoms with Crippen molar-refractivity contribution >= 4 is 34.2 Å². The number of nitrogens with zero attached hydrogens (tertiary/aromatic N) is 2. The zero-order valence-corrected chi connectivity index (χ0v) is 14.4. The van der Waals surface area contributed by atoms with Gasteiger partial charge in [0.25, 0.3) is 0 Å². The second kappa shape index (κ2) is 6.48. The van der Waals surface area contributed by atoms with E-state index in [2.05, 4.69) is 34.5 Å². The minimum absolute atomic E-state index is 0.248. The number of anilines is 2. The van der Waals surface area contributed by atoms with E-state index in [1.54, 1.807) is 6.07 Å². The second-order valence-electron chi connectivity index (χ2n) is 6.31. The average Bonchev–Trinajstić information content (AvgIpc) is 3.24. The summed E-state index contributed by atoms with van der Waals surface area (Å²) in [4.78, 5) is 3.31. The first kappa shape index (κ1) is 15.5. The third-order valence-electron chi connectivity index (χ3n) is 4.65. The first-order valence-corrected chi connectivity index (χ1v) is 9.23. The molecule has 0 saturated heterocycles. The number of aromatic amines is 1. The molecule has 0 radical (unpaired) electrons. The first-order valence-electron chi connectivity index (χ1n) is 8.35. The molecule has 1 aromatic heterocycles. The highest BCUT2D eigenvalue weighted by molar-refractivity contribution is 8.00. The maximum atomic E-state index is 13.5. The van der Waals surface area contributed by atoms with Crippen LogP contribution >= 0.6 is 11.8 Å². The predicted octanol–water partition coefficient (Wildman–Crippen LogP) is 5.50. The fraction of sp³-hybridized carbons (Fsp3) is 0.316. The van der Waals surface area contributed by atoms with Crippen molar-refractivity contribution in [2.24, 2.45) is 0 Å². The molecule has 5 heteroatoms. The Hall–Kier alpha value is -2.01. The fourth-order valence-corrected chi connectivity index (χ4v) is 4.54. The normalized spacial score (nSPS) is 15.2. The molecule has 1 N–H and O–H groups in total. The number of nitrogens with one attached hydrogen (secondary N) is 1. The van der Waals surface area contributed by atoms with Crippen molar-refractivity contribution in [1.29, 1.82) is 0 Å². The van der Waals surface area contributed by atoms with Gasteiger partial charge in [-0.1, -0.05) is 12.8 Å². The highest BCUT2D eigenvalue weighted by atomic mass is 32.2. The molecule has 3 nitrogen and oxygen atoms in total. The van der Waals surface area contributed by atoms with Gasteiger partial charge in [0, 0.05) is 28.3 Å². The fourth-order valence-electron chi connectivity index (χ4n) is 3.30. The van der Waals surface area contributed by atoms with Crippen molar-refractivity contribution in [1.82, 2.24) is 10.2 Å². The van der Waals surface area contributed by atoms with E-state index in [0.717, 1.165) is 27.7 Å². The Morgan fingerprint density at radius 3 is 2.62 bits per heavy atom. The quantitative estimate of drug-likeness (QED) is 0.679. The minimum atomic E-state index is -0.248. The van der Waals surface area contributed by atoms with Crippen LogP contribution in [0.4, 0.5) is 15.9 Å². The van der Waals surface area contributed by atoms with Crippen LogP contribution in [0.15, 0.2) is 47.4 Å². The van der Waals surface area contributed by atoms with Gasteiger partial charge < -0.3 is 4.90 Å². The van der Waals surface area contributed by atoms with Crippen molar-refractivity contribution in [3.05, 3.63) is 48.3 Å². The number of rotatable bonds is 4. The molecule has 24 heavy (non-hydrogen) atoms. The molecule has 1 aliphatic carbocycles. The summed E-state index contributed by atoms with van der Waals surface area (Å²) in [7, 11) is 1.96. The van der Waals surface area contributed by atoms with Gasteiger partial charge in [-0.25, -0.2) is 4.39 Å². The molecule has 0 unspecified atom stereocenters. The summed E-state index contributed by atoms with van der Waals surface area (Å²) >= 11 is 1.98. The van der Waals surface area contributed by atoms with Gasteiger partial charge in [-0.3, -0.25) is 5.10 Å². The predicted molar refractivity (Wildman–Crippen MR) is 98.7 cm³/mol. The van der Waals surface area contributed by atoms with Gasteiger partial charge in [-0.2, -0.15) is 5.10 Å². The zero-order valence-electron chi connectivity index (χ0n) is 13.6. The summed E-state index contributed by atoms with van der Waals surface area (Å²) in [5, 5.41) is 8.87. The first-order chi connectivity index (χ1) is 11.7. The Morgan fingerprint density at radius 2 is 1.88 bits per heavy atom. The van der Waals surface area contributed by atoms with Gasteiger partial charge >= 0.3 is 0 Å². The Labute approximate surface area is 145 Å². The van der Waals surface area contributed by atoms with E-state index in [1.165, 1.54) is 42.7 Å². The van der Waals surface area contributed by atoms with Crippen LogP contribution in [0.3, 0.4) is 0 Å². The number of fused-ring (bicyclic) bond motifs is 1. The summed E-state index contributed by atoms with van der Waals surface area (Å²) in [6.45, 7) is 0. The summed E-state index contributed by atoms with van der Waals surface area (Å²) in [5.41, 5.74) is 1.88. The van der Waals surface area contributed by atoms with Crippen LogP contribution < -0.4 is 4.90 Å². The molecule has 0 spiro atoms. The summed E-state index contributed by atoms with van der Waals surface area (Å²) in [6, 6.07) is 13.2. The summed E-state index contributed by atoms with van der Waals surface area (Å²) < 4.78 is 13.5. The Morgan fingerprint density at radius 1 is 1.12 bits per heavy atom. The molecule has 4 rings (SSSR count). The molecule has 1 saturated carbocycles. The van der Waals surface area contributed by atoms with Gasteiger partial charge in [0.1, 0.15) is 5.82 Å². The molecule has 0 aliphatic heterocycles. The molecule has 0 amide bonds. The Balaban J connectivity index is 1.56. The third kappa shape index (κ3) is 3.00. The Bertz CT molecular complexity index is 837. The van der Waals surface area contributed by atoms with Crippen LogP contribution in [-0.2, 0) is 0 Å². The topological polar surface area (TPSA) is 31.9 Å². The van der Waals surface area contributed by atoms with Gasteiger partial charge in [-0.05, 0) is 55.3 Å². The minimum Gasteiger partial charge on any atom is -0.327 e. The van der Waals surface area contributed by atoms with Crippen molar-refractivity contribution < 1.29 is 4.39 Å². The molecule has 2 aromatic carbocycles. The van der Waals surface area contributed by atoms with E-state index in [0.29, 0.717) is 0 Å². The van der Waals surface area contributed by atoms with Crippen LogP contribution in [-0.4, -0.2) is 22.5 Å². The standard InChI is InChI=1S/C19H20FN3S/c1-23(19-17-12-13(20)6-11-18(17)21-22-19)14-7-9-16(10-8-14)24-15-4-2-3-5-15/h6-12,15H,2-5H2,1H3,(H,21,22). The van der Waals surface area contributed by atoms with Crippen LogP contribution in [0, 0.1) is 5.82 Å². The van der Waals surface area contributed by atoms with Gasteiger partial charge in [0.05, 0.1) is 5.52 Å². The van der Waals surface area contributed by atoms with Crippen LogP contribution in [0.2, 0.25) is 0 Å². The van der Waals surface area contributed by atoms with Crippen molar-refractivity contribution in [2.45, 2.75) is 35.8 Å². The molecule has 0 atom stereocenters. The van der Waals surface area contributed by atoms with Gasteiger partial charge in [0.2, 0.25) is 0 Å². The van der Waals surface area contributed by atoms with Gasteiger partial charge in [0.15, 0.2) is 5.82 Å². The number of thioether (sulfide) groups is 1. The molecule has 3 aromatic rings. The highest BCUT2D eigenvalue weighted by Crippen LogP contribution is 2.36. The van der Waals surface area contributed by atoms with E-state index in [-0.39, 0.29) is 5.82 Å². The van der Waals surface area contributed by atoms with E-state index in [1.807, 2.05) is 23.7 Å². The number of benzene rings is 2. The van der Waals surface area contributed by atoms with Crippen molar-refractivity contribution in [3.63, 3.8) is 0 Å². The van der Waals surface area contributed by atoms with E-state index in [4.69, 9.17) is 0 Å². The number of hydrogen-bond donors (Lipinski definition) is 1. The van der Waals surface area contributed by atoms with Crippen LogP contribution in [0.1, 0.15) is 25.7 Å². The van der Waals surface area contributed by atoms with Gasteiger partial charge in [-0.15, -0.1) is 11.8 Å². The SMILES string of the molecule is CN(c1ccc(SC2CCCC2)cc1)c1n[nH]c2ccc(F)cc12. The summed E-state index contributed by atoms with van der Waals surface area (Å²) in [6.07, 6.45) is 5.39. The zero-order chi connectivity index (χ0) is 16.5. The Kier molecular flexibility index (Phi) is 4.19. The van der Waals surface area contributed by atoms with E-state index < -0.39 is 0 Å². The molecule has 1 fully saturated rings. The maximum absolute atomic E-state index is 13.5. The van der Waals surface area contributed by atoms with Crippen molar-refractivity contribution in [2.75, 3.05) is 11.9 Å². The molecular formula is C19H20FN3S. The number of hydrogen-bond acceptors (Lipinski definition) is 3. The third-order valence-corrected chi connectivity index (χ3v) is 6.00. The largest absolute Gasteiger partial charge is 0.327 e. The monoisotopic (exact) mass is 341 g/mol. The lowest BCUT2D eigenvalue weighted by molar-refractivity contribution is 0.629. The molecule has 1 heterocycles. The average molecular weight is 341 g/mol. The van der Waals surface area contributed by atoms with Crippen LogP contribution in [0.25, 0.3) is 10.9 Å². The van der Waals surface area contributed by atoms with Crippen LogP contribution in [0.5, 0.6) is 0 Å². The lowest BCUT2D eigenvalue weighted by atomic mass is 10.2. The molecule has 0 bridgehead atoms. The maximum Gasteiger partial charge on any atom is 0.162 e. The number of aromatic nitrogens is 2. The second-order valence-corrected chi connectivity index (χ2v) is 7.69. The smallest absolute Gasteiger partial charge is 0.162 e. The van der Waals surface area contributed by atoms with E-state index >= 15 is 0 Å². The van der Waals surface area contributed by atoms with Crippen molar-refractivity contribution in [3.8, 4) is 0 Å². The lowest BCUT2D eigenvalue weighted by Gasteiger charge is -2.18. The highest BCUT2D eigenvalue weighted by Gasteiger charge is 2.17. The molecule has 124 valence electrons. The molecular weight excluding hydrogens is 321 g/mol. The number of halogens is 1.